The van der Waals surface area contributed by atoms with Crippen LogP contribution < -0.4 is 0 Å². The van der Waals surface area contributed by atoms with E-state index in [1.807, 2.05) is 18.2 Å². The van der Waals surface area contributed by atoms with E-state index in [4.69, 9.17) is 27.9 Å². The van der Waals surface area contributed by atoms with Crippen LogP contribution in [0.25, 0.3) is 0 Å². The Bertz CT molecular complexity index is 402. The summed E-state index contributed by atoms with van der Waals surface area (Å²) < 4.78 is 5.17. The molecule has 0 unspecified atom stereocenters. The first-order valence-electron chi connectivity index (χ1n) is 6.53. The third-order valence-electron chi connectivity index (χ3n) is 3.20. The van der Waals surface area contributed by atoms with Gasteiger partial charge in [0.25, 0.3) is 0 Å². The molecule has 0 amide bonds. The normalized spacial score (nSPS) is 12.2. The molecule has 0 aliphatic rings. The maximum Gasteiger partial charge on any atom is 0.0624 e. The zero-order valence-corrected chi connectivity index (χ0v) is 13.7. The molecule has 0 heterocycles. The van der Waals surface area contributed by atoms with Gasteiger partial charge in [0.1, 0.15) is 0 Å². The number of halogens is 2. The van der Waals surface area contributed by atoms with Crippen molar-refractivity contribution in [3.63, 3.8) is 0 Å². The van der Waals surface area contributed by atoms with Gasteiger partial charge in [0.2, 0.25) is 0 Å². The highest BCUT2D eigenvalue weighted by Crippen LogP contribution is 2.26. The van der Waals surface area contributed by atoms with E-state index in [0.717, 1.165) is 31.7 Å². The van der Waals surface area contributed by atoms with Gasteiger partial charge in [0, 0.05) is 25.7 Å². The number of hydrogen-bond acceptors (Lipinski definition) is 2. The minimum Gasteiger partial charge on any atom is -0.383 e. The molecule has 0 saturated carbocycles. The Labute approximate surface area is 126 Å². The van der Waals surface area contributed by atoms with Gasteiger partial charge in [-0.05, 0) is 38.8 Å². The summed E-state index contributed by atoms with van der Waals surface area (Å²) >= 11 is 12.3. The standard InChI is InChI=1S/C15H23Cl2NO/c1-15(2,3)18(10-11-19-4)9-8-12-6-5-7-13(16)14(12)17/h5-7H,8-11H2,1-4H3. The van der Waals surface area contributed by atoms with Crippen LogP contribution in [-0.2, 0) is 11.2 Å². The molecule has 19 heavy (non-hydrogen) atoms. The van der Waals surface area contributed by atoms with E-state index in [0.29, 0.717) is 10.0 Å². The summed E-state index contributed by atoms with van der Waals surface area (Å²) in [5, 5.41) is 1.29. The highest BCUT2D eigenvalue weighted by atomic mass is 35.5. The summed E-state index contributed by atoms with van der Waals surface area (Å²) in [7, 11) is 1.73. The van der Waals surface area contributed by atoms with Gasteiger partial charge in [-0.15, -0.1) is 0 Å². The van der Waals surface area contributed by atoms with E-state index in [1.165, 1.54) is 0 Å². The van der Waals surface area contributed by atoms with Crippen molar-refractivity contribution in [1.82, 2.24) is 4.90 Å². The molecule has 1 rings (SSSR count). The number of ether oxygens (including phenoxy) is 1. The highest BCUT2D eigenvalue weighted by Gasteiger charge is 2.20. The van der Waals surface area contributed by atoms with Crippen molar-refractivity contribution in [2.75, 3.05) is 26.8 Å². The average Bonchev–Trinajstić information content (AvgIpc) is 2.32. The van der Waals surface area contributed by atoms with Crippen LogP contribution >= 0.6 is 23.2 Å². The first-order chi connectivity index (χ1) is 8.86. The van der Waals surface area contributed by atoms with Gasteiger partial charge in [-0.3, -0.25) is 4.90 Å². The fourth-order valence-electron chi connectivity index (χ4n) is 1.98. The number of methoxy groups -OCH3 is 1. The Morgan fingerprint density at radius 1 is 1.16 bits per heavy atom. The average molecular weight is 304 g/mol. The van der Waals surface area contributed by atoms with Crippen molar-refractivity contribution < 1.29 is 4.74 Å². The van der Waals surface area contributed by atoms with E-state index >= 15 is 0 Å². The van der Waals surface area contributed by atoms with E-state index in [1.54, 1.807) is 7.11 Å². The summed E-state index contributed by atoms with van der Waals surface area (Å²) in [6, 6.07) is 5.80. The fourth-order valence-corrected chi connectivity index (χ4v) is 2.40. The van der Waals surface area contributed by atoms with Gasteiger partial charge in [-0.1, -0.05) is 35.3 Å². The fraction of sp³-hybridized carbons (Fsp3) is 0.600. The van der Waals surface area contributed by atoms with Gasteiger partial charge in [-0.2, -0.15) is 0 Å². The zero-order chi connectivity index (χ0) is 14.5. The predicted molar refractivity (Wildman–Crippen MR) is 83.4 cm³/mol. The topological polar surface area (TPSA) is 12.5 Å². The summed E-state index contributed by atoms with van der Waals surface area (Å²) in [4.78, 5) is 2.40. The number of benzene rings is 1. The smallest absolute Gasteiger partial charge is 0.0624 e. The molecule has 0 aromatic heterocycles. The summed E-state index contributed by atoms with van der Waals surface area (Å²) in [6.07, 6.45) is 0.889. The summed E-state index contributed by atoms with van der Waals surface area (Å²) in [6.45, 7) is 9.22. The SMILES string of the molecule is COCCN(CCc1cccc(Cl)c1Cl)C(C)(C)C. The lowest BCUT2D eigenvalue weighted by molar-refractivity contribution is 0.0881. The lowest BCUT2D eigenvalue weighted by atomic mass is 10.0. The minimum atomic E-state index is 0.115. The van der Waals surface area contributed by atoms with Gasteiger partial charge < -0.3 is 4.74 Å². The number of nitrogens with zero attached hydrogens (tertiary/aromatic N) is 1. The number of rotatable bonds is 6. The van der Waals surface area contributed by atoms with Crippen LogP contribution in [0.4, 0.5) is 0 Å². The van der Waals surface area contributed by atoms with Crippen LogP contribution in [0.1, 0.15) is 26.3 Å². The van der Waals surface area contributed by atoms with Crippen molar-refractivity contribution >= 4 is 23.2 Å². The lowest BCUT2D eigenvalue weighted by Gasteiger charge is -2.35. The molecule has 1 aromatic carbocycles. The lowest BCUT2D eigenvalue weighted by Crippen LogP contribution is -2.44. The second-order valence-corrected chi connectivity index (χ2v) is 6.40. The molecule has 0 bridgehead atoms. The second kappa shape index (κ2) is 7.49. The minimum absolute atomic E-state index is 0.115. The first-order valence-corrected chi connectivity index (χ1v) is 7.28. The van der Waals surface area contributed by atoms with Crippen LogP contribution in [-0.4, -0.2) is 37.2 Å². The van der Waals surface area contributed by atoms with Crippen LogP contribution in [0.15, 0.2) is 18.2 Å². The van der Waals surface area contributed by atoms with E-state index < -0.39 is 0 Å². The molecule has 0 spiro atoms. The Morgan fingerprint density at radius 2 is 1.84 bits per heavy atom. The largest absolute Gasteiger partial charge is 0.383 e. The van der Waals surface area contributed by atoms with Gasteiger partial charge in [0.05, 0.1) is 16.7 Å². The maximum absolute atomic E-state index is 6.22. The van der Waals surface area contributed by atoms with Crippen molar-refractivity contribution in [2.45, 2.75) is 32.7 Å². The molecule has 0 fully saturated rings. The Balaban J connectivity index is 2.68. The molecular formula is C15H23Cl2NO. The molecule has 4 heteroatoms. The van der Waals surface area contributed by atoms with Crippen LogP contribution in [0.2, 0.25) is 10.0 Å². The molecular weight excluding hydrogens is 281 g/mol. The highest BCUT2D eigenvalue weighted by molar-refractivity contribution is 6.42. The van der Waals surface area contributed by atoms with Gasteiger partial charge in [-0.25, -0.2) is 0 Å². The summed E-state index contributed by atoms with van der Waals surface area (Å²) in [5.41, 5.74) is 1.21. The zero-order valence-electron chi connectivity index (χ0n) is 12.2. The van der Waals surface area contributed by atoms with Gasteiger partial charge >= 0.3 is 0 Å². The van der Waals surface area contributed by atoms with Crippen molar-refractivity contribution in [3.8, 4) is 0 Å². The first kappa shape index (κ1) is 16.8. The van der Waals surface area contributed by atoms with Gasteiger partial charge in [0.15, 0.2) is 0 Å². The van der Waals surface area contributed by atoms with Crippen LogP contribution in [0.3, 0.4) is 0 Å². The second-order valence-electron chi connectivity index (χ2n) is 5.61. The maximum atomic E-state index is 6.22. The van der Waals surface area contributed by atoms with E-state index in [-0.39, 0.29) is 5.54 Å². The molecule has 0 atom stereocenters. The predicted octanol–water partition coefficient (Wildman–Crippen LogP) is 4.28. The molecule has 1 aromatic rings. The molecule has 2 nitrogen and oxygen atoms in total. The van der Waals surface area contributed by atoms with Crippen molar-refractivity contribution in [3.05, 3.63) is 33.8 Å². The summed E-state index contributed by atoms with van der Waals surface area (Å²) in [5.74, 6) is 0. The number of hydrogen-bond donors (Lipinski definition) is 0. The molecule has 108 valence electrons. The molecule has 0 aliphatic heterocycles. The molecule has 0 saturated heterocycles. The molecule has 0 N–H and O–H groups in total. The Kier molecular flexibility index (Phi) is 6.61. The quantitative estimate of drug-likeness (QED) is 0.777. The molecule has 0 aliphatic carbocycles. The van der Waals surface area contributed by atoms with Crippen LogP contribution in [0.5, 0.6) is 0 Å². The third-order valence-corrected chi connectivity index (χ3v) is 4.05. The van der Waals surface area contributed by atoms with Crippen molar-refractivity contribution in [1.29, 1.82) is 0 Å². The van der Waals surface area contributed by atoms with Crippen LogP contribution in [0, 0.1) is 0 Å². The third kappa shape index (κ3) is 5.31. The Morgan fingerprint density at radius 3 is 2.42 bits per heavy atom. The molecule has 0 radical (unpaired) electrons. The van der Waals surface area contributed by atoms with E-state index in [9.17, 15) is 0 Å². The van der Waals surface area contributed by atoms with Crippen molar-refractivity contribution in [2.24, 2.45) is 0 Å². The monoisotopic (exact) mass is 303 g/mol. The Hall–Kier alpha value is -0.280. The van der Waals surface area contributed by atoms with E-state index in [2.05, 4.69) is 25.7 Å².